The van der Waals surface area contributed by atoms with Crippen LogP contribution in [-0.4, -0.2) is 10.9 Å². The van der Waals surface area contributed by atoms with Crippen LogP contribution in [0.4, 0.5) is 11.4 Å². The van der Waals surface area contributed by atoms with Gasteiger partial charge in [0, 0.05) is 11.9 Å². The first-order chi connectivity index (χ1) is 9.13. The number of para-hydroxylation sites is 1. The van der Waals surface area contributed by atoms with Gasteiger partial charge < -0.3 is 11.1 Å². The molecule has 2 aromatic rings. The van der Waals surface area contributed by atoms with Gasteiger partial charge in [-0.15, -0.1) is 0 Å². The number of benzene rings is 1. The summed E-state index contributed by atoms with van der Waals surface area (Å²) in [5.41, 5.74) is 9.38. The highest BCUT2D eigenvalue weighted by Crippen LogP contribution is 2.22. The predicted molar refractivity (Wildman–Crippen MR) is 77.2 cm³/mol. The van der Waals surface area contributed by atoms with Crippen molar-refractivity contribution in [3.8, 4) is 0 Å². The Morgan fingerprint density at radius 1 is 1.32 bits per heavy atom. The van der Waals surface area contributed by atoms with E-state index in [1.165, 1.54) is 0 Å². The maximum Gasteiger partial charge on any atom is 0.276 e. The number of rotatable bonds is 3. The van der Waals surface area contributed by atoms with E-state index in [1.807, 2.05) is 25.1 Å². The minimum atomic E-state index is -0.276. The van der Waals surface area contributed by atoms with Gasteiger partial charge in [0.25, 0.3) is 5.91 Å². The van der Waals surface area contributed by atoms with Crippen molar-refractivity contribution < 1.29 is 4.79 Å². The number of aryl methyl sites for hydroxylation is 2. The SMILES string of the molecule is CCc1cccc(C)c1NC(=O)c1ncccc1N. The van der Waals surface area contributed by atoms with E-state index in [2.05, 4.69) is 17.2 Å². The van der Waals surface area contributed by atoms with Gasteiger partial charge in [-0.2, -0.15) is 0 Å². The van der Waals surface area contributed by atoms with Crippen LogP contribution in [0.25, 0.3) is 0 Å². The van der Waals surface area contributed by atoms with E-state index in [0.29, 0.717) is 5.69 Å². The summed E-state index contributed by atoms with van der Waals surface area (Å²) in [6, 6.07) is 9.33. The van der Waals surface area contributed by atoms with E-state index in [4.69, 9.17) is 5.73 Å². The van der Waals surface area contributed by atoms with E-state index in [1.54, 1.807) is 18.3 Å². The third kappa shape index (κ3) is 2.73. The quantitative estimate of drug-likeness (QED) is 0.886. The first-order valence-corrected chi connectivity index (χ1v) is 6.23. The van der Waals surface area contributed by atoms with Gasteiger partial charge in [0.2, 0.25) is 0 Å². The molecule has 1 amide bonds. The molecule has 0 bridgehead atoms. The van der Waals surface area contributed by atoms with Gasteiger partial charge >= 0.3 is 0 Å². The van der Waals surface area contributed by atoms with Crippen molar-refractivity contribution >= 4 is 17.3 Å². The zero-order chi connectivity index (χ0) is 13.8. The second-order valence-corrected chi connectivity index (χ2v) is 4.36. The van der Waals surface area contributed by atoms with Crippen LogP contribution in [0.3, 0.4) is 0 Å². The van der Waals surface area contributed by atoms with Crippen LogP contribution in [0.5, 0.6) is 0 Å². The number of nitrogens with zero attached hydrogens (tertiary/aromatic N) is 1. The zero-order valence-electron chi connectivity index (χ0n) is 11.1. The number of hydrogen-bond acceptors (Lipinski definition) is 3. The normalized spacial score (nSPS) is 10.2. The Bertz CT molecular complexity index is 608. The minimum Gasteiger partial charge on any atom is -0.397 e. The molecule has 0 aliphatic carbocycles. The fourth-order valence-electron chi connectivity index (χ4n) is 1.98. The minimum absolute atomic E-state index is 0.257. The molecule has 19 heavy (non-hydrogen) atoms. The van der Waals surface area contributed by atoms with Crippen molar-refractivity contribution in [3.63, 3.8) is 0 Å². The van der Waals surface area contributed by atoms with Crippen molar-refractivity contribution in [1.29, 1.82) is 0 Å². The van der Waals surface area contributed by atoms with Crippen LogP contribution in [0, 0.1) is 6.92 Å². The summed E-state index contributed by atoms with van der Waals surface area (Å²) in [5.74, 6) is -0.276. The average Bonchev–Trinajstić information content (AvgIpc) is 2.41. The number of amides is 1. The monoisotopic (exact) mass is 255 g/mol. The Morgan fingerprint density at radius 2 is 2.11 bits per heavy atom. The number of nitrogen functional groups attached to an aromatic ring is 1. The number of carbonyl (C=O) groups excluding carboxylic acids is 1. The van der Waals surface area contributed by atoms with Crippen LogP contribution < -0.4 is 11.1 Å². The summed E-state index contributed by atoms with van der Waals surface area (Å²) < 4.78 is 0. The van der Waals surface area contributed by atoms with Gasteiger partial charge in [-0.3, -0.25) is 4.79 Å². The lowest BCUT2D eigenvalue weighted by Gasteiger charge is -2.13. The van der Waals surface area contributed by atoms with Crippen molar-refractivity contribution in [2.24, 2.45) is 0 Å². The summed E-state index contributed by atoms with van der Waals surface area (Å²) in [5, 5.41) is 2.91. The van der Waals surface area contributed by atoms with Gasteiger partial charge in [-0.05, 0) is 36.6 Å². The predicted octanol–water partition coefficient (Wildman–Crippen LogP) is 2.79. The lowest BCUT2D eigenvalue weighted by molar-refractivity contribution is 0.102. The highest BCUT2D eigenvalue weighted by Gasteiger charge is 2.13. The van der Waals surface area contributed by atoms with E-state index in [0.717, 1.165) is 23.2 Å². The molecule has 0 unspecified atom stereocenters. The molecular formula is C15H17N3O. The Labute approximate surface area is 112 Å². The Kier molecular flexibility index (Phi) is 3.80. The fraction of sp³-hybridized carbons (Fsp3) is 0.200. The van der Waals surface area contributed by atoms with Crippen LogP contribution in [-0.2, 0) is 6.42 Å². The molecule has 4 nitrogen and oxygen atoms in total. The molecule has 0 radical (unpaired) electrons. The Balaban J connectivity index is 2.32. The van der Waals surface area contributed by atoms with E-state index in [9.17, 15) is 4.79 Å². The lowest BCUT2D eigenvalue weighted by Crippen LogP contribution is -2.17. The van der Waals surface area contributed by atoms with E-state index >= 15 is 0 Å². The molecule has 0 spiro atoms. The van der Waals surface area contributed by atoms with Gasteiger partial charge in [-0.1, -0.05) is 25.1 Å². The van der Waals surface area contributed by atoms with Crippen molar-refractivity contribution in [1.82, 2.24) is 4.98 Å². The van der Waals surface area contributed by atoms with Gasteiger partial charge in [0.15, 0.2) is 5.69 Å². The van der Waals surface area contributed by atoms with E-state index in [-0.39, 0.29) is 11.6 Å². The molecule has 0 atom stereocenters. The summed E-state index contributed by atoms with van der Waals surface area (Å²) in [7, 11) is 0. The molecule has 0 aliphatic heterocycles. The summed E-state index contributed by atoms with van der Waals surface area (Å²) in [6.45, 7) is 4.02. The number of nitrogens with two attached hydrogens (primary N) is 1. The Morgan fingerprint density at radius 3 is 2.79 bits per heavy atom. The first-order valence-electron chi connectivity index (χ1n) is 6.23. The van der Waals surface area contributed by atoms with Crippen LogP contribution >= 0.6 is 0 Å². The summed E-state index contributed by atoms with van der Waals surface area (Å²) >= 11 is 0. The number of anilines is 2. The molecule has 0 aliphatic rings. The molecule has 1 aromatic heterocycles. The standard InChI is InChI=1S/C15H17N3O/c1-3-11-7-4-6-10(2)13(11)18-15(19)14-12(16)8-5-9-17-14/h4-9H,3,16H2,1-2H3,(H,18,19). The fourth-order valence-corrected chi connectivity index (χ4v) is 1.98. The van der Waals surface area contributed by atoms with Crippen LogP contribution in [0.1, 0.15) is 28.5 Å². The largest absolute Gasteiger partial charge is 0.397 e. The maximum absolute atomic E-state index is 12.2. The molecule has 3 N–H and O–H groups in total. The molecule has 0 fully saturated rings. The first kappa shape index (κ1) is 13.1. The average molecular weight is 255 g/mol. The smallest absolute Gasteiger partial charge is 0.276 e. The highest BCUT2D eigenvalue weighted by molar-refractivity contribution is 6.06. The third-order valence-electron chi connectivity index (χ3n) is 3.03. The highest BCUT2D eigenvalue weighted by atomic mass is 16.1. The molecule has 0 saturated carbocycles. The lowest BCUT2D eigenvalue weighted by atomic mass is 10.1. The molecule has 4 heteroatoms. The second-order valence-electron chi connectivity index (χ2n) is 4.36. The Hall–Kier alpha value is -2.36. The number of aromatic nitrogens is 1. The number of pyridine rings is 1. The van der Waals surface area contributed by atoms with Crippen molar-refractivity contribution in [3.05, 3.63) is 53.3 Å². The molecule has 1 heterocycles. The number of hydrogen-bond donors (Lipinski definition) is 2. The topological polar surface area (TPSA) is 68.0 Å². The second kappa shape index (κ2) is 5.52. The van der Waals surface area contributed by atoms with Crippen LogP contribution in [0.2, 0.25) is 0 Å². The third-order valence-corrected chi connectivity index (χ3v) is 3.03. The van der Waals surface area contributed by atoms with Gasteiger partial charge in [0.05, 0.1) is 5.69 Å². The maximum atomic E-state index is 12.2. The van der Waals surface area contributed by atoms with Crippen molar-refractivity contribution in [2.75, 3.05) is 11.1 Å². The molecule has 1 aromatic carbocycles. The number of nitrogens with one attached hydrogen (secondary N) is 1. The summed E-state index contributed by atoms with van der Waals surface area (Å²) in [6.07, 6.45) is 2.42. The van der Waals surface area contributed by atoms with Crippen molar-refractivity contribution in [2.45, 2.75) is 20.3 Å². The summed E-state index contributed by atoms with van der Waals surface area (Å²) in [4.78, 5) is 16.2. The molecule has 98 valence electrons. The molecule has 0 saturated heterocycles. The number of carbonyl (C=O) groups is 1. The van der Waals surface area contributed by atoms with Gasteiger partial charge in [-0.25, -0.2) is 4.98 Å². The molecular weight excluding hydrogens is 238 g/mol. The van der Waals surface area contributed by atoms with Gasteiger partial charge in [0.1, 0.15) is 0 Å². The zero-order valence-corrected chi connectivity index (χ0v) is 11.1. The molecule has 2 rings (SSSR count). The van der Waals surface area contributed by atoms with Crippen LogP contribution in [0.15, 0.2) is 36.5 Å². The van der Waals surface area contributed by atoms with E-state index < -0.39 is 0 Å².